The van der Waals surface area contributed by atoms with Gasteiger partial charge in [-0.3, -0.25) is 0 Å². The van der Waals surface area contributed by atoms with E-state index in [0.717, 1.165) is 42.7 Å². The molecule has 0 bridgehead atoms. The molecule has 27 heavy (non-hydrogen) atoms. The molecule has 1 saturated heterocycles. The predicted octanol–water partition coefficient (Wildman–Crippen LogP) is 4.89. The van der Waals surface area contributed by atoms with E-state index >= 15 is 0 Å². The van der Waals surface area contributed by atoms with Crippen LogP contribution in [0.15, 0.2) is 42.5 Å². The smallest absolute Gasteiger partial charge is 0.123 e. The topological polar surface area (TPSA) is 38.5 Å². The van der Waals surface area contributed by atoms with Crippen LogP contribution in [0.4, 0.5) is 5.69 Å². The molecule has 3 nitrogen and oxygen atoms in total. The summed E-state index contributed by atoms with van der Waals surface area (Å²) in [5.41, 5.74) is 10.5. The standard InChI is InChI=1S/C24H30N2O/c1-17(18-3-2-4-18)26-13-11-24(12-14-26)16-21-15-20(7-10-23(21)27-24)19-5-8-22(25)9-6-19/h5-10,15,17-18H,2-4,11-14,16,25H2,1H3. The van der Waals surface area contributed by atoms with Crippen molar-refractivity contribution in [1.29, 1.82) is 0 Å². The van der Waals surface area contributed by atoms with Crippen molar-refractivity contribution in [1.82, 2.24) is 4.90 Å². The highest BCUT2D eigenvalue weighted by molar-refractivity contribution is 5.68. The maximum atomic E-state index is 6.53. The Hall–Kier alpha value is -2.00. The van der Waals surface area contributed by atoms with Gasteiger partial charge in [0.1, 0.15) is 11.4 Å². The molecule has 0 amide bonds. The lowest BCUT2D eigenvalue weighted by Crippen LogP contribution is -2.52. The highest BCUT2D eigenvalue weighted by Gasteiger charge is 2.43. The van der Waals surface area contributed by atoms with E-state index in [4.69, 9.17) is 10.5 Å². The molecule has 2 N–H and O–H groups in total. The molecule has 0 radical (unpaired) electrons. The number of ether oxygens (including phenoxy) is 1. The second-order valence-corrected chi connectivity index (χ2v) is 8.87. The van der Waals surface area contributed by atoms with Crippen molar-refractivity contribution in [3.05, 3.63) is 48.0 Å². The third-order valence-electron chi connectivity index (χ3n) is 7.26. The van der Waals surface area contributed by atoms with Gasteiger partial charge in [-0.15, -0.1) is 0 Å². The summed E-state index contributed by atoms with van der Waals surface area (Å²) in [6.07, 6.45) is 7.64. The highest BCUT2D eigenvalue weighted by Crippen LogP contribution is 2.43. The van der Waals surface area contributed by atoms with Gasteiger partial charge in [0.15, 0.2) is 0 Å². The van der Waals surface area contributed by atoms with Crippen LogP contribution in [0.25, 0.3) is 11.1 Å². The number of fused-ring (bicyclic) bond motifs is 1. The summed E-state index contributed by atoms with van der Waals surface area (Å²) < 4.78 is 6.53. The zero-order chi connectivity index (χ0) is 18.4. The summed E-state index contributed by atoms with van der Waals surface area (Å²) in [5.74, 6) is 2.03. The van der Waals surface area contributed by atoms with Crippen LogP contribution in [-0.4, -0.2) is 29.6 Å². The number of anilines is 1. The van der Waals surface area contributed by atoms with Gasteiger partial charge in [0.25, 0.3) is 0 Å². The second kappa shape index (κ2) is 6.56. The first kappa shape index (κ1) is 17.1. The summed E-state index contributed by atoms with van der Waals surface area (Å²) in [7, 11) is 0. The van der Waals surface area contributed by atoms with E-state index in [1.165, 1.54) is 49.0 Å². The van der Waals surface area contributed by atoms with Crippen molar-refractivity contribution in [2.24, 2.45) is 5.92 Å². The molecule has 3 heteroatoms. The molecular formula is C24H30N2O. The maximum Gasteiger partial charge on any atom is 0.123 e. The van der Waals surface area contributed by atoms with Crippen LogP contribution in [0.1, 0.15) is 44.6 Å². The van der Waals surface area contributed by atoms with E-state index in [-0.39, 0.29) is 5.60 Å². The van der Waals surface area contributed by atoms with Crippen molar-refractivity contribution >= 4 is 5.69 Å². The minimum Gasteiger partial charge on any atom is -0.487 e. The molecule has 1 spiro atoms. The molecule has 142 valence electrons. The van der Waals surface area contributed by atoms with E-state index in [1.807, 2.05) is 12.1 Å². The first-order chi connectivity index (χ1) is 13.1. The zero-order valence-electron chi connectivity index (χ0n) is 16.3. The molecule has 2 heterocycles. The fraction of sp³-hybridized carbons (Fsp3) is 0.500. The van der Waals surface area contributed by atoms with Gasteiger partial charge in [-0.05, 0) is 66.6 Å². The Morgan fingerprint density at radius 2 is 1.74 bits per heavy atom. The minimum absolute atomic E-state index is 0.0257. The SMILES string of the molecule is CC(C1CCC1)N1CCC2(CC1)Cc1cc(-c3ccc(N)cc3)ccc1O2. The number of nitrogens with two attached hydrogens (primary N) is 1. The Balaban J connectivity index is 1.28. The molecule has 5 rings (SSSR count). The highest BCUT2D eigenvalue weighted by atomic mass is 16.5. The fourth-order valence-corrected chi connectivity index (χ4v) is 5.13. The largest absolute Gasteiger partial charge is 0.487 e. The van der Waals surface area contributed by atoms with Gasteiger partial charge in [0, 0.05) is 44.1 Å². The summed E-state index contributed by atoms with van der Waals surface area (Å²) >= 11 is 0. The van der Waals surface area contributed by atoms with Crippen LogP contribution < -0.4 is 10.5 Å². The monoisotopic (exact) mass is 362 g/mol. The lowest BCUT2D eigenvalue weighted by Gasteiger charge is -2.45. The molecule has 1 saturated carbocycles. The summed E-state index contributed by atoms with van der Waals surface area (Å²) in [6.45, 7) is 4.79. The minimum atomic E-state index is 0.0257. The number of hydrogen-bond acceptors (Lipinski definition) is 3. The molecule has 1 aliphatic carbocycles. The third kappa shape index (κ3) is 3.12. The molecule has 1 atom stereocenters. The second-order valence-electron chi connectivity index (χ2n) is 8.87. The van der Waals surface area contributed by atoms with E-state index < -0.39 is 0 Å². The summed E-state index contributed by atoms with van der Waals surface area (Å²) in [5, 5.41) is 0. The lowest BCUT2D eigenvalue weighted by atomic mass is 9.78. The average molecular weight is 363 g/mol. The quantitative estimate of drug-likeness (QED) is 0.790. The van der Waals surface area contributed by atoms with Gasteiger partial charge in [0.2, 0.25) is 0 Å². The van der Waals surface area contributed by atoms with Gasteiger partial charge in [0.05, 0.1) is 0 Å². The normalized spacial score (nSPS) is 22.9. The Labute approximate surface area is 162 Å². The van der Waals surface area contributed by atoms with Crippen molar-refractivity contribution in [2.45, 2.75) is 57.1 Å². The molecule has 1 unspecified atom stereocenters. The molecule has 0 aromatic heterocycles. The van der Waals surface area contributed by atoms with E-state index in [2.05, 4.69) is 42.2 Å². The number of nitrogen functional groups attached to an aromatic ring is 1. The van der Waals surface area contributed by atoms with Crippen molar-refractivity contribution in [3.8, 4) is 16.9 Å². The number of piperidine rings is 1. The zero-order valence-corrected chi connectivity index (χ0v) is 16.3. The van der Waals surface area contributed by atoms with E-state index in [1.54, 1.807) is 0 Å². The van der Waals surface area contributed by atoms with Gasteiger partial charge < -0.3 is 15.4 Å². The van der Waals surface area contributed by atoms with Crippen LogP contribution in [0, 0.1) is 5.92 Å². The van der Waals surface area contributed by atoms with Gasteiger partial charge in [-0.25, -0.2) is 0 Å². The van der Waals surface area contributed by atoms with Crippen molar-refractivity contribution in [3.63, 3.8) is 0 Å². The van der Waals surface area contributed by atoms with Crippen LogP contribution in [-0.2, 0) is 6.42 Å². The third-order valence-corrected chi connectivity index (χ3v) is 7.26. The Bertz CT molecular complexity index is 817. The summed E-state index contributed by atoms with van der Waals surface area (Å²) in [4.78, 5) is 2.71. The molecule has 3 aliphatic rings. The maximum absolute atomic E-state index is 6.53. The lowest BCUT2D eigenvalue weighted by molar-refractivity contribution is -0.00849. The number of rotatable bonds is 3. The number of nitrogens with zero attached hydrogens (tertiary/aromatic N) is 1. The van der Waals surface area contributed by atoms with Crippen molar-refractivity contribution < 1.29 is 4.74 Å². The predicted molar refractivity (Wildman–Crippen MR) is 111 cm³/mol. The molecule has 2 aliphatic heterocycles. The van der Waals surface area contributed by atoms with Crippen molar-refractivity contribution in [2.75, 3.05) is 18.8 Å². The average Bonchev–Trinajstić information content (AvgIpc) is 2.98. The van der Waals surface area contributed by atoms with Gasteiger partial charge >= 0.3 is 0 Å². The molecule has 2 fully saturated rings. The Morgan fingerprint density at radius 3 is 2.41 bits per heavy atom. The molecular weight excluding hydrogens is 332 g/mol. The van der Waals surface area contributed by atoms with Gasteiger partial charge in [-0.1, -0.05) is 24.6 Å². The van der Waals surface area contributed by atoms with Gasteiger partial charge in [-0.2, -0.15) is 0 Å². The summed E-state index contributed by atoms with van der Waals surface area (Å²) in [6, 6.07) is 15.6. The number of likely N-dealkylation sites (tertiary alicyclic amines) is 1. The van der Waals surface area contributed by atoms with Crippen LogP contribution in [0.3, 0.4) is 0 Å². The first-order valence-corrected chi connectivity index (χ1v) is 10.5. The first-order valence-electron chi connectivity index (χ1n) is 10.5. The van der Waals surface area contributed by atoms with Crippen LogP contribution >= 0.6 is 0 Å². The number of benzene rings is 2. The fourth-order valence-electron chi connectivity index (χ4n) is 5.13. The van der Waals surface area contributed by atoms with Crippen LogP contribution in [0.2, 0.25) is 0 Å². The molecule has 2 aromatic carbocycles. The van der Waals surface area contributed by atoms with E-state index in [9.17, 15) is 0 Å². The Morgan fingerprint density at radius 1 is 1.04 bits per heavy atom. The van der Waals surface area contributed by atoms with Crippen LogP contribution in [0.5, 0.6) is 5.75 Å². The Kier molecular flexibility index (Phi) is 4.16. The molecule has 2 aromatic rings. The number of hydrogen-bond donors (Lipinski definition) is 1. The van der Waals surface area contributed by atoms with E-state index in [0.29, 0.717) is 0 Å².